The van der Waals surface area contributed by atoms with Crippen LogP contribution in [0.1, 0.15) is 63.0 Å². The number of fused-ring (bicyclic) bond motifs is 1. The van der Waals surface area contributed by atoms with Gasteiger partial charge in [0.05, 0.1) is 0 Å². The second-order valence-corrected chi connectivity index (χ2v) is 9.03. The summed E-state index contributed by atoms with van der Waals surface area (Å²) in [6, 6.07) is 6.08. The molecule has 6 rings (SSSR count). The van der Waals surface area contributed by atoms with Gasteiger partial charge in [0.1, 0.15) is 11.7 Å². The summed E-state index contributed by atoms with van der Waals surface area (Å²) < 4.78 is 1.92. The van der Waals surface area contributed by atoms with Gasteiger partial charge in [0, 0.05) is 36.5 Å². The fourth-order valence-electron chi connectivity index (χ4n) is 4.90. The SMILES string of the molecule is O=C(NC1CCCC1)[C@@H]1CCCN1c1nc(Nc2cc(C3CC3)[nH]n2)n2cccc2n1. The topological polar surface area (TPSA) is 103 Å². The predicted octanol–water partition coefficient (Wildman–Crippen LogP) is 3.10. The fourth-order valence-corrected chi connectivity index (χ4v) is 4.90. The van der Waals surface area contributed by atoms with E-state index in [1.54, 1.807) is 0 Å². The molecule has 9 nitrogen and oxygen atoms in total. The Morgan fingerprint density at radius 1 is 1.10 bits per heavy atom. The summed E-state index contributed by atoms with van der Waals surface area (Å²) in [5.74, 6) is 2.72. The summed E-state index contributed by atoms with van der Waals surface area (Å²) in [5, 5.41) is 14.1. The lowest BCUT2D eigenvalue weighted by atomic mass is 10.1. The number of nitrogens with one attached hydrogen (secondary N) is 3. The molecule has 1 amide bonds. The molecule has 0 aromatic carbocycles. The van der Waals surface area contributed by atoms with E-state index in [2.05, 4.69) is 31.8 Å². The Morgan fingerprint density at radius 3 is 2.81 bits per heavy atom. The van der Waals surface area contributed by atoms with Gasteiger partial charge in [-0.3, -0.25) is 14.3 Å². The minimum Gasteiger partial charge on any atom is -0.352 e. The number of nitrogens with zero attached hydrogens (tertiary/aromatic N) is 5. The van der Waals surface area contributed by atoms with Gasteiger partial charge in [0.2, 0.25) is 17.8 Å². The fraction of sp³-hybridized carbons (Fsp3) is 0.545. The van der Waals surface area contributed by atoms with Gasteiger partial charge in [-0.15, -0.1) is 0 Å². The van der Waals surface area contributed by atoms with Crippen LogP contribution in [0.5, 0.6) is 0 Å². The predicted molar refractivity (Wildman–Crippen MR) is 118 cm³/mol. The molecule has 0 spiro atoms. The zero-order valence-electron chi connectivity index (χ0n) is 17.5. The smallest absolute Gasteiger partial charge is 0.243 e. The van der Waals surface area contributed by atoms with Crippen LogP contribution in [0, 0.1) is 0 Å². The van der Waals surface area contributed by atoms with Crippen molar-refractivity contribution < 1.29 is 4.79 Å². The van der Waals surface area contributed by atoms with Crippen molar-refractivity contribution in [2.24, 2.45) is 0 Å². The molecule has 3 fully saturated rings. The van der Waals surface area contributed by atoms with Gasteiger partial charge in [0.15, 0.2) is 5.82 Å². The first-order valence-electron chi connectivity index (χ1n) is 11.5. The normalized spacial score (nSPS) is 21.8. The van der Waals surface area contributed by atoms with Crippen LogP contribution in [0.2, 0.25) is 0 Å². The zero-order valence-corrected chi connectivity index (χ0v) is 17.5. The molecule has 3 aromatic rings. The largest absolute Gasteiger partial charge is 0.352 e. The Bertz CT molecular complexity index is 1090. The van der Waals surface area contributed by atoms with Crippen molar-refractivity contribution in [2.45, 2.75) is 69.4 Å². The molecule has 0 bridgehead atoms. The van der Waals surface area contributed by atoms with Gasteiger partial charge in [-0.1, -0.05) is 12.8 Å². The summed E-state index contributed by atoms with van der Waals surface area (Å²) in [6.07, 6.45) is 10.8. The summed E-state index contributed by atoms with van der Waals surface area (Å²) in [5.41, 5.74) is 1.97. The van der Waals surface area contributed by atoms with Crippen molar-refractivity contribution in [3.05, 3.63) is 30.1 Å². The van der Waals surface area contributed by atoms with E-state index in [1.165, 1.54) is 31.4 Å². The van der Waals surface area contributed by atoms with Crippen LogP contribution in [0.15, 0.2) is 24.4 Å². The highest BCUT2D eigenvalue weighted by Gasteiger charge is 2.34. The van der Waals surface area contributed by atoms with Gasteiger partial charge in [-0.05, 0) is 50.7 Å². The van der Waals surface area contributed by atoms with Crippen molar-refractivity contribution in [2.75, 3.05) is 16.8 Å². The number of H-pyrrole nitrogens is 1. The van der Waals surface area contributed by atoms with Crippen LogP contribution in [0.4, 0.5) is 17.7 Å². The third-order valence-corrected chi connectivity index (χ3v) is 6.74. The van der Waals surface area contributed by atoms with Crippen molar-refractivity contribution in [1.82, 2.24) is 29.9 Å². The monoisotopic (exact) mass is 420 g/mol. The molecular weight excluding hydrogens is 392 g/mol. The van der Waals surface area contributed by atoms with Crippen molar-refractivity contribution in [1.29, 1.82) is 0 Å². The van der Waals surface area contributed by atoms with Crippen molar-refractivity contribution in [3.8, 4) is 0 Å². The lowest BCUT2D eigenvalue weighted by Gasteiger charge is -2.26. The second kappa shape index (κ2) is 7.55. The zero-order chi connectivity index (χ0) is 20.8. The average Bonchev–Trinajstić information content (AvgIpc) is 3.27. The first-order chi connectivity index (χ1) is 15.2. The molecule has 1 aliphatic heterocycles. The third-order valence-electron chi connectivity index (χ3n) is 6.74. The van der Waals surface area contributed by atoms with Gasteiger partial charge >= 0.3 is 0 Å². The second-order valence-electron chi connectivity index (χ2n) is 9.03. The molecular formula is C22H28N8O. The highest BCUT2D eigenvalue weighted by atomic mass is 16.2. The molecule has 31 heavy (non-hydrogen) atoms. The van der Waals surface area contributed by atoms with E-state index in [0.29, 0.717) is 23.9 Å². The number of rotatable bonds is 6. The Morgan fingerprint density at radius 2 is 1.97 bits per heavy atom. The third kappa shape index (κ3) is 3.62. The maximum atomic E-state index is 13.0. The first-order valence-corrected chi connectivity index (χ1v) is 11.5. The maximum Gasteiger partial charge on any atom is 0.243 e. The Kier molecular flexibility index (Phi) is 4.54. The molecule has 162 valence electrons. The Labute approximate surface area is 180 Å². The van der Waals surface area contributed by atoms with E-state index in [4.69, 9.17) is 9.97 Å². The number of carbonyl (C=O) groups excluding carboxylic acids is 1. The molecule has 3 N–H and O–H groups in total. The van der Waals surface area contributed by atoms with E-state index in [0.717, 1.165) is 43.7 Å². The van der Waals surface area contributed by atoms with Crippen LogP contribution in [0.25, 0.3) is 5.65 Å². The van der Waals surface area contributed by atoms with Crippen LogP contribution in [-0.2, 0) is 4.79 Å². The quantitative estimate of drug-likeness (QED) is 0.566. The number of amides is 1. The number of aromatic nitrogens is 5. The summed E-state index contributed by atoms with van der Waals surface area (Å²) in [6.45, 7) is 0.785. The van der Waals surface area contributed by atoms with Gasteiger partial charge in [-0.25, -0.2) is 0 Å². The van der Waals surface area contributed by atoms with Crippen molar-refractivity contribution in [3.63, 3.8) is 0 Å². The standard InChI is InChI=1S/C22H28N8O/c31-20(23-15-5-1-2-6-15)17-7-3-11-29(17)22-25-19-8-4-12-30(19)21(26-22)24-18-13-16(27-28-18)14-9-10-14/h4,8,12-15,17H,1-3,5-7,9-11H2,(H,23,31)(H2,24,25,26,27,28)/t17-/m0/s1. The van der Waals surface area contributed by atoms with Crippen LogP contribution in [-0.4, -0.2) is 49.1 Å². The highest BCUT2D eigenvalue weighted by Crippen LogP contribution is 2.39. The molecule has 1 atom stereocenters. The Hall–Kier alpha value is -3.10. The number of hydrogen-bond acceptors (Lipinski definition) is 6. The molecule has 9 heteroatoms. The molecule has 2 saturated carbocycles. The van der Waals surface area contributed by atoms with Gasteiger partial charge in [0.25, 0.3) is 0 Å². The minimum atomic E-state index is -0.210. The average molecular weight is 421 g/mol. The van der Waals surface area contributed by atoms with E-state index < -0.39 is 0 Å². The number of carbonyl (C=O) groups is 1. The molecule has 0 unspecified atom stereocenters. The van der Waals surface area contributed by atoms with Gasteiger partial charge < -0.3 is 15.5 Å². The molecule has 3 aromatic heterocycles. The van der Waals surface area contributed by atoms with E-state index in [-0.39, 0.29) is 11.9 Å². The summed E-state index contributed by atoms with van der Waals surface area (Å²) in [7, 11) is 0. The molecule has 2 aliphatic carbocycles. The van der Waals surface area contributed by atoms with E-state index >= 15 is 0 Å². The summed E-state index contributed by atoms with van der Waals surface area (Å²) in [4.78, 5) is 24.6. The number of aromatic amines is 1. The molecule has 4 heterocycles. The molecule has 0 radical (unpaired) electrons. The van der Waals surface area contributed by atoms with E-state index in [1.807, 2.05) is 22.7 Å². The van der Waals surface area contributed by atoms with Crippen LogP contribution in [0.3, 0.4) is 0 Å². The minimum absolute atomic E-state index is 0.110. The van der Waals surface area contributed by atoms with Crippen LogP contribution >= 0.6 is 0 Å². The van der Waals surface area contributed by atoms with E-state index in [9.17, 15) is 4.79 Å². The van der Waals surface area contributed by atoms with Crippen LogP contribution < -0.4 is 15.5 Å². The molecule has 1 saturated heterocycles. The Balaban J connectivity index is 1.27. The summed E-state index contributed by atoms with van der Waals surface area (Å²) >= 11 is 0. The number of anilines is 3. The lowest BCUT2D eigenvalue weighted by molar-refractivity contribution is -0.122. The molecule has 3 aliphatic rings. The van der Waals surface area contributed by atoms with Gasteiger partial charge in [-0.2, -0.15) is 15.1 Å². The van der Waals surface area contributed by atoms with Crippen molar-refractivity contribution >= 4 is 29.3 Å². The lowest BCUT2D eigenvalue weighted by Crippen LogP contribution is -2.47. The maximum absolute atomic E-state index is 13.0. The first kappa shape index (κ1) is 18.7. The number of hydrogen-bond donors (Lipinski definition) is 3. The highest BCUT2D eigenvalue weighted by molar-refractivity contribution is 5.85.